The van der Waals surface area contributed by atoms with Crippen molar-refractivity contribution in [2.75, 3.05) is 0 Å². The zero-order valence-corrected chi connectivity index (χ0v) is 10.2. The maximum Gasteiger partial charge on any atom is -0.0225 e. The van der Waals surface area contributed by atoms with Crippen LogP contribution in [0.1, 0.15) is 44.6 Å². The molecule has 1 aromatic rings. The van der Waals surface area contributed by atoms with Crippen LogP contribution in [0, 0.1) is 11.8 Å². The fourth-order valence-corrected chi connectivity index (χ4v) is 2.48. The maximum atomic E-state index is 2.40. The van der Waals surface area contributed by atoms with Gasteiger partial charge in [0.05, 0.1) is 0 Å². The Morgan fingerprint density at radius 1 is 1.19 bits per heavy atom. The van der Waals surface area contributed by atoms with Gasteiger partial charge in [-0.2, -0.15) is 0 Å². The van der Waals surface area contributed by atoms with E-state index in [1.807, 2.05) is 0 Å². The van der Waals surface area contributed by atoms with Crippen LogP contribution in [0.5, 0.6) is 0 Å². The van der Waals surface area contributed by atoms with Gasteiger partial charge in [0, 0.05) is 0 Å². The number of benzene rings is 1. The van der Waals surface area contributed by atoms with Crippen molar-refractivity contribution in [1.82, 2.24) is 0 Å². The Morgan fingerprint density at radius 2 is 1.94 bits per heavy atom. The fourth-order valence-electron chi connectivity index (χ4n) is 2.48. The summed E-state index contributed by atoms with van der Waals surface area (Å²) in [6, 6.07) is 10.6. The molecule has 2 rings (SSSR count). The highest BCUT2D eigenvalue weighted by Gasteiger charge is 2.25. The zero-order chi connectivity index (χ0) is 11.2. The van der Waals surface area contributed by atoms with Crippen LogP contribution < -0.4 is 0 Å². The van der Waals surface area contributed by atoms with Gasteiger partial charge in [-0.3, -0.25) is 0 Å². The SMILES string of the molecule is CCCCC1CC(/C=C/c2ccccc2)C1. The van der Waals surface area contributed by atoms with Gasteiger partial charge in [-0.05, 0) is 30.2 Å². The van der Waals surface area contributed by atoms with Crippen molar-refractivity contribution >= 4 is 6.08 Å². The van der Waals surface area contributed by atoms with E-state index in [1.54, 1.807) is 0 Å². The lowest BCUT2D eigenvalue weighted by Crippen LogP contribution is -2.21. The van der Waals surface area contributed by atoms with Crippen LogP contribution in [0.15, 0.2) is 36.4 Å². The molecule has 0 atom stereocenters. The summed E-state index contributed by atoms with van der Waals surface area (Å²) in [5.74, 6) is 1.87. The van der Waals surface area contributed by atoms with Crippen molar-refractivity contribution in [3.05, 3.63) is 42.0 Å². The van der Waals surface area contributed by atoms with Crippen molar-refractivity contribution < 1.29 is 0 Å². The quantitative estimate of drug-likeness (QED) is 0.653. The van der Waals surface area contributed by atoms with Crippen LogP contribution in [0.25, 0.3) is 6.08 Å². The molecule has 0 saturated heterocycles. The molecule has 0 N–H and O–H groups in total. The Hall–Kier alpha value is -1.04. The van der Waals surface area contributed by atoms with Gasteiger partial charge < -0.3 is 0 Å². The third-order valence-corrected chi connectivity index (χ3v) is 3.60. The van der Waals surface area contributed by atoms with Gasteiger partial charge in [-0.1, -0.05) is 68.7 Å². The van der Waals surface area contributed by atoms with Gasteiger partial charge in [0.25, 0.3) is 0 Å². The summed E-state index contributed by atoms with van der Waals surface area (Å²) in [6.45, 7) is 2.28. The van der Waals surface area contributed by atoms with E-state index in [0.29, 0.717) is 0 Å². The summed E-state index contributed by atoms with van der Waals surface area (Å²) >= 11 is 0. The predicted octanol–water partition coefficient (Wildman–Crippen LogP) is 4.92. The summed E-state index contributed by atoms with van der Waals surface area (Å²) in [4.78, 5) is 0. The largest absolute Gasteiger partial charge is 0.0808 e. The molecule has 16 heavy (non-hydrogen) atoms. The van der Waals surface area contributed by atoms with Crippen molar-refractivity contribution in [2.24, 2.45) is 11.8 Å². The topological polar surface area (TPSA) is 0 Å². The van der Waals surface area contributed by atoms with Crippen LogP contribution in [0.3, 0.4) is 0 Å². The molecular weight excluding hydrogens is 192 g/mol. The second kappa shape index (κ2) is 5.89. The summed E-state index contributed by atoms with van der Waals surface area (Å²) in [6.07, 6.45) is 11.7. The van der Waals surface area contributed by atoms with Crippen LogP contribution >= 0.6 is 0 Å². The highest BCUT2D eigenvalue weighted by atomic mass is 14.3. The highest BCUT2D eigenvalue weighted by molar-refractivity contribution is 5.49. The standard InChI is InChI=1S/C16H22/c1-2-3-7-15-12-16(13-15)11-10-14-8-5-4-6-9-14/h4-6,8-11,15-16H,2-3,7,12-13H2,1H3/b11-10+. The van der Waals surface area contributed by atoms with Crippen molar-refractivity contribution in [3.63, 3.8) is 0 Å². The van der Waals surface area contributed by atoms with Gasteiger partial charge >= 0.3 is 0 Å². The molecule has 0 bridgehead atoms. The molecule has 1 aromatic carbocycles. The van der Waals surface area contributed by atoms with E-state index < -0.39 is 0 Å². The Balaban J connectivity index is 1.71. The number of unbranched alkanes of at least 4 members (excludes halogenated alkanes) is 1. The lowest BCUT2D eigenvalue weighted by atomic mass is 9.72. The third-order valence-electron chi connectivity index (χ3n) is 3.60. The van der Waals surface area contributed by atoms with Crippen LogP contribution in [-0.2, 0) is 0 Å². The van der Waals surface area contributed by atoms with Gasteiger partial charge in [0.15, 0.2) is 0 Å². The fraction of sp³-hybridized carbons (Fsp3) is 0.500. The molecule has 0 radical (unpaired) electrons. The molecule has 1 aliphatic carbocycles. The molecule has 0 aromatic heterocycles. The Kier molecular flexibility index (Phi) is 4.21. The van der Waals surface area contributed by atoms with E-state index in [4.69, 9.17) is 0 Å². The molecule has 0 heterocycles. The lowest BCUT2D eigenvalue weighted by molar-refractivity contribution is 0.221. The molecule has 0 spiro atoms. The minimum absolute atomic E-state index is 0.849. The lowest BCUT2D eigenvalue weighted by Gasteiger charge is -2.33. The normalized spacial score (nSPS) is 24.6. The van der Waals surface area contributed by atoms with E-state index in [0.717, 1.165) is 11.8 Å². The summed E-state index contributed by atoms with van der Waals surface area (Å²) < 4.78 is 0. The minimum atomic E-state index is 0.849. The van der Waals surface area contributed by atoms with E-state index in [2.05, 4.69) is 49.4 Å². The van der Waals surface area contributed by atoms with E-state index in [9.17, 15) is 0 Å². The zero-order valence-electron chi connectivity index (χ0n) is 10.2. The Morgan fingerprint density at radius 3 is 2.62 bits per heavy atom. The van der Waals surface area contributed by atoms with Crippen LogP contribution in [0.4, 0.5) is 0 Å². The number of hydrogen-bond acceptors (Lipinski definition) is 0. The molecule has 0 unspecified atom stereocenters. The molecule has 0 heteroatoms. The Labute approximate surface area is 99.4 Å². The molecule has 0 aliphatic heterocycles. The maximum absolute atomic E-state index is 2.40. The monoisotopic (exact) mass is 214 g/mol. The molecule has 0 amide bonds. The second-order valence-corrected chi connectivity index (χ2v) is 5.01. The number of allylic oxidation sites excluding steroid dienone is 1. The third kappa shape index (κ3) is 3.23. The van der Waals surface area contributed by atoms with Crippen LogP contribution in [0.2, 0.25) is 0 Å². The molecular formula is C16H22. The summed E-state index contributed by atoms with van der Waals surface area (Å²) in [5.41, 5.74) is 1.33. The summed E-state index contributed by atoms with van der Waals surface area (Å²) in [7, 11) is 0. The average Bonchev–Trinajstić information content (AvgIpc) is 2.28. The van der Waals surface area contributed by atoms with Gasteiger partial charge in [-0.15, -0.1) is 0 Å². The predicted molar refractivity (Wildman–Crippen MR) is 71.2 cm³/mol. The first-order valence-electron chi connectivity index (χ1n) is 6.61. The highest BCUT2D eigenvalue weighted by Crippen LogP contribution is 2.38. The van der Waals surface area contributed by atoms with Crippen molar-refractivity contribution in [1.29, 1.82) is 0 Å². The number of hydrogen-bond donors (Lipinski definition) is 0. The first-order valence-corrected chi connectivity index (χ1v) is 6.61. The molecule has 86 valence electrons. The molecule has 1 fully saturated rings. The Bertz CT molecular complexity index is 317. The average molecular weight is 214 g/mol. The van der Waals surface area contributed by atoms with Crippen molar-refractivity contribution in [3.8, 4) is 0 Å². The second-order valence-electron chi connectivity index (χ2n) is 5.01. The first-order chi connectivity index (χ1) is 7.88. The van der Waals surface area contributed by atoms with Crippen molar-refractivity contribution in [2.45, 2.75) is 39.0 Å². The van der Waals surface area contributed by atoms with E-state index in [1.165, 1.54) is 37.7 Å². The first kappa shape index (κ1) is 11.4. The van der Waals surface area contributed by atoms with E-state index >= 15 is 0 Å². The summed E-state index contributed by atoms with van der Waals surface area (Å²) in [5, 5.41) is 0. The van der Waals surface area contributed by atoms with Gasteiger partial charge in [0.2, 0.25) is 0 Å². The molecule has 1 saturated carbocycles. The smallest absolute Gasteiger partial charge is 0.0225 e. The van der Waals surface area contributed by atoms with E-state index in [-0.39, 0.29) is 0 Å². The molecule has 1 aliphatic rings. The van der Waals surface area contributed by atoms with Gasteiger partial charge in [-0.25, -0.2) is 0 Å². The van der Waals surface area contributed by atoms with Crippen LogP contribution in [-0.4, -0.2) is 0 Å². The molecule has 0 nitrogen and oxygen atoms in total. The minimum Gasteiger partial charge on any atom is -0.0808 e. The number of rotatable bonds is 5. The van der Waals surface area contributed by atoms with Gasteiger partial charge in [0.1, 0.15) is 0 Å².